The molecular weight excluding hydrogens is 376 g/mol. The zero-order valence-electron chi connectivity index (χ0n) is 15.8. The molecular formula is C21H23ClN4O2. The first-order valence-electron chi connectivity index (χ1n) is 9.94. The van der Waals surface area contributed by atoms with Crippen molar-refractivity contribution in [3.63, 3.8) is 0 Å². The fourth-order valence-electron chi connectivity index (χ4n) is 4.17. The second-order valence-corrected chi connectivity index (χ2v) is 8.37. The largest absolute Gasteiger partial charge is 0.378 e. The zero-order valence-corrected chi connectivity index (χ0v) is 16.6. The van der Waals surface area contributed by atoms with Crippen LogP contribution < -0.4 is 5.32 Å². The smallest absolute Gasteiger partial charge is 0.227 e. The number of hydrogen-bond donors (Lipinski definition) is 1. The summed E-state index contributed by atoms with van der Waals surface area (Å²) in [6.07, 6.45) is 6.21. The molecule has 2 fully saturated rings. The minimum absolute atomic E-state index is 0.0365. The van der Waals surface area contributed by atoms with Gasteiger partial charge in [-0.25, -0.2) is 4.98 Å². The molecule has 3 heterocycles. The van der Waals surface area contributed by atoms with E-state index in [0.29, 0.717) is 17.7 Å². The molecule has 0 unspecified atom stereocenters. The SMILES string of the molecule is C[C@@H]1C[C@H](n2c(CC(=O)NC3CC3)nc3cnc4ccc(Cl)cc4c32)CCO1. The van der Waals surface area contributed by atoms with Crippen LogP contribution in [0, 0.1) is 0 Å². The maximum Gasteiger partial charge on any atom is 0.227 e. The van der Waals surface area contributed by atoms with Gasteiger partial charge in [-0.3, -0.25) is 9.78 Å². The Labute approximate surface area is 168 Å². The number of nitrogens with zero attached hydrogens (tertiary/aromatic N) is 3. The molecule has 2 atom stereocenters. The molecule has 28 heavy (non-hydrogen) atoms. The summed E-state index contributed by atoms with van der Waals surface area (Å²) in [5, 5.41) is 4.72. The standard InChI is InChI=1S/C21H23ClN4O2/c1-12-8-15(6-7-28-12)26-19(10-20(27)24-14-3-4-14)25-18-11-23-17-5-2-13(22)9-16(17)21(18)26/h2,5,9,11-12,14-15H,3-4,6-8,10H2,1H3,(H,24,27)/t12-,15-/m1/s1. The van der Waals surface area contributed by atoms with E-state index < -0.39 is 0 Å². The Hall–Kier alpha value is -2.18. The van der Waals surface area contributed by atoms with Gasteiger partial charge in [0.1, 0.15) is 11.3 Å². The number of benzene rings is 1. The van der Waals surface area contributed by atoms with Gasteiger partial charge in [-0.05, 0) is 50.8 Å². The number of rotatable bonds is 4. The lowest BCUT2D eigenvalue weighted by molar-refractivity contribution is -0.120. The van der Waals surface area contributed by atoms with E-state index in [0.717, 1.165) is 53.4 Å². The molecule has 1 amide bonds. The average molecular weight is 399 g/mol. The molecule has 1 saturated heterocycles. The first-order valence-corrected chi connectivity index (χ1v) is 10.3. The molecule has 1 aromatic carbocycles. The highest BCUT2D eigenvalue weighted by molar-refractivity contribution is 6.31. The molecule has 146 valence electrons. The summed E-state index contributed by atoms with van der Waals surface area (Å²) in [6.45, 7) is 2.81. The van der Waals surface area contributed by atoms with E-state index in [2.05, 4.69) is 21.8 Å². The number of amides is 1. The van der Waals surface area contributed by atoms with E-state index in [9.17, 15) is 4.79 Å². The maximum atomic E-state index is 12.5. The van der Waals surface area contributed by atoms with Gasteiger partial charge in [0.05, 0.1) is 29.8 Å². The highest BCUT2D eigenvalue weighted by Gasteiger charge is 2.28. The number of ether oxygens (including phenoxy) is 1. The van der Waals surface area contributed by atoms with Crippen LogP contribution in [0.4, 0.5) is 0 Å². The number of nitrogens with one attached hydrogen (secondary N) is 1. The van der Waals surface area contributed by atoms with Gasteiger partial charge in [0.15, 0.2) is 0 Å². The highest BCUT2D eigenvalue weighted by atomic mass is 35.5. The Morgan fingerprint density at radius 3 is 2.96 bits per heavy atom. The van der Waals surface area contributed by atoms with Crippen molar-refractivity contribution in [1.82, 2.24) is 19.9 Å². The predicted molar refractivity (Wildman–Crippen MR) is 109 cm³/mol. The first-order chi connectivity index (χ1) is 13.6. The van der Waals surface area contributed by atoms with Crippen LogP contribution in [-0.4, -0.2) is 39.2 Å². The van der Waals surface area contributed by atoms with Crippen LogP contribution in [0.15, 0.2) is 24.4 Å². The third kappa shape index (κ3) is 3.35. The Balaban J connectivity index is 1.66. The van der Waals surface area contributed by atoms with Crippen molar-refractivity contribution in [3.8, 4) is 0 Å². The van der Waals surface area contributed by atoms with Crippen LogP contribution in [0.5, 0.6) is 0 Å². The number of hydrogen-bond acceptors (Lipinski definition) is 4. The van der Waals surface area contributed by atoms with Gasteiger partial charge >= 0.3 is 0 Å². The molecule has 3 aromatic rings. The van der Waals surface area contributed by atoms with E-state index in [1.807, 2.05) is 18.2 Å². The number of carbonyl (C=O) groups is 1. The summed E-state index contributed by atoms with van der Waals surface area (Å²) in [4.78, 5) is 21.9. The van der Waals surface area contributed by atoms with Crippen LogP contribution in [0.1, 0.15) is 44.5 Å². The molecule has 1 aliphatic carbocycles. The summed E-state index contributed by atoms with van der Waals surface area (Å²) < 4.78 is 8.01. The fraction of sp³-hybridized carbons (Fsp3) is 0.476. The van der Waals surface area contributed by atoms with E-state index in [1.54, 1.807) is 6.20 Å². The monoisotopic (exact) mass is 398 g/mol. The second kappa shape index (κ2) is 7.01. The Bertz CT molecular complexity index is 1060. The van der Waals surface area contributed by atoms with Crippen molar-refractivity contribution in [1.29, 1.82) is 0 Å². The maximum absolute atomic E-state index is 12.5. The van der Waals surface area contributed by atoms with Crippen molar-refractivity contribution in [2.45, 2.75) is 57.2 Å². The van der Waals surface area contributed by atoms with Gasteiger partial charge in [0.25, 0.3) is 0 Å². The summed E-state index contributed by atoms with van der Waals surface area (Å²) in [6, 6.07) is 6.31. The Morgan fingerprint density at radius 1 is 1.32 bits per heavy atom. The van der Waals surface area contributed by atoms with Gasteiger partial charge in [0.2, 0.25) is 5.91 Å². The van der Waals surface area contributed by atoms with Crippen molar-refractivity contribution in [3.05, 3.63) is 35.2 Å². The molecule has 2 aliphatic rings. The summed E-state index contributed by atoms with van der Waals surface area (Å²) in [5.41, 5.74) is 2.70. The van der Waals surface area contributed by atoms with Crippen molar-refractivity contribution >= 4 is 39.4 Å². The third-order valence-electron chi connectivity index (χ3n) is 5.63. The zero-order chi connectivity index (χ0) is 19.3. The van der Waals surface area contributed by atoms with E-state index in [1.165, 1.54) is 0 Å². The van der Waals surface area contributed by atoms with E-state index in [-0.39, 0.29) is 24.5 Å². The molecule has 1 saturated carbocycles. The van der Waals surface area contributed by atoms with E-state index in [4.69, 9.17) is 21.3 Å². The van der Waals surface area contributed by atoms with Crippen LogP contribution in [0.3, 0.4) is 0 Å². The minimum atomic E-state index is 0.0365. The molecule has 2 aromatic heterocycles. The van der Waals surface area contributed by atoms with Crippen molar-refractivity contribution in [2.75, 3.05) is 6.61 Å². The van der Waals surface area contributed by atoms with Crippen LogP contribution in [0.25, 0.3) is 21.9 Å². The third-order valence-corrected chi connectivity index (χ3v) is 5.87. The van der Waals surface area contributed by atoms with Crippen molar-refractivity contribution < 1.29 is 9.53 Å². The molecule has 0 spiro atoms. The molecule has 6 nitrogen and oxygen atoms in total. The minimum Gasteiger partial charge on any atom is -0.378 e. The number of pyridine rings is 1. The Morgan fingerprint density at radius 2 is 2.18 bits per heavy atom. The average Bonchev–Trinajstić information content (AvgIpc) is 3.39. The molecule has 5 rings (SSSR count). The Kier molecular flexibility index (Phi) is 4.48. The molecule has 7 heteroatoms. The number of carbonyl (C=O) groups excluding carboxylic acids is 1. The normalized spacial score (nSPS) is 22.6. The predicted octanol–water partition coefficient (Wildman–Crippen LogP) is 3.80. The summed E-state index contributed by atoms with van der Waals surface area (Å²) >= 11 is 6.29. The van der Waals surface area contributed by atoms with Crippen LogP contribution in [0.2, 0.25) is 5.02 Å². The fourth-order valence-corrected chi connectivity index (χ4v) is 4.35. The van der Waals surface area contributed by atoms with Gasteiger partial charge < -0.3 is 14.6 Å². The highest BCUT2D eigenvalue weighted by Crippen LogP contribution is 2.34. The van der Waals surface area contributed by atoms with Gasteiger partial charge in [-0.15, -0.1) is 0 Å². The van der Waals surface area contributed by atoms with E-state index >= 15 is 0 Å². The lowest BCUT2D eigenvalue weighted by Gasteiger charge is -2.30. The number of imidazole rings is 1. The van der Waals surface area contributed by atoms with Crippen LogP contribution in [-0.2, 0) is 16.0 Å². The van der Waals surface area contributed by atoms with Gasteiger partial charge in [-0.2, -0.15) is 0 Å². The topological polar surface area (TPSA) is 69.0 Å². The van der Waals surface area contributed by atoms with Gasteiger partial charge in [0, 0.05) is 29.1 Å². The van der Waals surface area contributed by atoms with Gasteiger partial charge in [-0.1, -0.05) is 11.6 Å². The number of halogens is 1. The summed E-state index contributed by atoms with van der Waals surface area (Å²) in [7, 11) is 0. The second-order valence-electron chi connectivity index (χ2n) is 7.93. The van der Waals surface area contributed by atoms with Crippen molar-refractivity contribution in [2.24, 2.45) is 0 Å². The lowest BCUT2D eigenvalue weighted by Crippen LogP contribution is -2.30. The first kappa shape index (κ1) is 17.9. The molecule has 1 N–H and O–H groups in total. The summed E-state index contributed by atoms with van der Waals surface area (Å²) in [5.74, 6) is 0.830. The molecule has 0 bridgehead atoms. The number of aromatic nitrogens is 3. The molecule has 1 aliphatic heterocycles. The number of fused-ring (bicyclic) bond motifs is 3. The molecule has 0 radical (unpaired) electrons. The lowest BCUT2D eigenvalue weighted by atomic mass is 10.0. The van der Waals surface area contributed by atoms with Crippen LogP contribution >= 0.6 is 11.6 Å². The quantitative estimate of drug-likeness (QED) is 0.725.